The number of likely N-dealkylation sites (N-methyl/N-ethyl adjacent to an activating group) is 1. The highest BCUT2D eigenvalue weighted by Gasteiger charge is 2.25. The number of anilines is 1. The summed E-state index contributed by atoms with van der Waals surface area (Å²) in [5, 5.41) is 19.9. The van der Waals surface area contributed by atoms with Crippen molar-refractivity contribution in [2.45, 2.75) is 19.4 Å². The van der Waals surface area contributed by atoms with Crippen molar-refractivity contribution in [3.63, 3.8) is 0 Å². The lowest BCUT2D eigenvalue weighted by Crippen LogP contribution is -2.38. The smallest absolute Gasteiger partial charge is 0.326 e. The molecule has 1 aromatic rings. The topological polar surface area (TPSA) is 83.7 Å². The Hall–Kier alpha value is -2.11. The third kappa shape index (κ3) is 2.72. The van der Waals surface area contributed by atoms with Gasteiger partial charge in [-0.3, -0.25) is 10.1 Å². The van der Waals surface area contributed by atoms with E-state index in [1.54, 1.807) is 32.2 Å². The molecule has 0 bridgehead atoms. The first-order valence-electron chi connectivity index (χ1n) is 5.18. The molecule has 0 spiro atoms. The van der Waals surface area contributed by atoms with Gasteiger partial charge in [-0.15, -0.1) is 0 Å². The summed E-state index contributed by atoms with van der Waals surface area (Å²) in [5.41, 5.74) is 0.224. The first-order chi connectivity index (χ1) is 7.99. The molecule has 0 aliphatic carbocycles. The van der Waals surface area contributed by atoms with E-state index >= 15 is 0 Å². The highest BCUT2D eigenvalue weighted by Crippen LogP contribution is 2.28. The maximum Gasteiger partial charge on any atom is 0.326 e. The quantitative estimate of drug-likeness (QED) is 0.625. The molecular formula is C11H14N2O4. The third-order valence-corrected chi connectivity index (χ3v) is 2.60. The van der Waals surface area contributed by atoms with Crippen LogP contribution in [0.5, 0.6) is 0 Å². The van der Waals surface area contributed by atoms with Gasteiger partial charge in [-0.1, -0.05) is 19.1 Å². The first-order valence-corrected chi connectivity index (χ1v) is 5.18. The zero-order valence-corrected chi connectivity index (χ0v) is 9.66. The largest absolute Gasteiger partial charge is 0.480 e. The van der Waals surface area contributed by atoms with Crippen molar-refractivity contribution in [2.24, 2.45) is 0 Å². The number of nitro benzene ring substituents is 1. The summed E-state index contributed by atoms with van der Waals surface area (Å²) >= 11 is 0. The number of nitrogens with zero attached hydrogens (tertiary/aromatic N) is 2. The fraction of sp³-hybridized carbons (Fsp3) is 0.364. The van der Waals surface area contributed by atoms with Gasteiger partial charge in [0.2, 0.25) is 0 Å². The van der Waals surface area contributed by atoms with E-state index in [2.05, 4.69) is 0 Å². The molecule has 1 aromatic carbocycles. The Labute approximate surface area is 98.6 Å². The lowest BCUT2D eigenvalue weighted by molar-refractivity contribution is -0.384. The van der Waals surface area contributed by atoms with Crippen LogP contribution in [-0.2, 0) is 4.79 Å². The second-order valence-corrected chi connectivity index (χ2v) is 3.62. The lowest BCUT2D eigenvalue weighted by atomic mass is 10.1. The Balaban J connectivity index is 3.15. The average molecular weight is 238 g/mol. The Kier molecular flexibility index (Phi) is 4.03. The van der Waals surface area contributed by atoms with Crippen molar-refractivity contribution in [3.8, 4) is 0 Å². The maximum absolute atomic E-state index is 11.0. The Morgan fingerprint density at radius 3 is 2.59 bits per heavy atom. The van der Waals surface area contributed by atoms with Gasteiger partial charge in [-0.05, 0) is 12.5 Å². The van der Waals surface area contributed by atoms with Crippen molar-refractivity contribution in [2.75, 3.05) is 11.9 Å². The summed E-state index contributed by atoms with van der Waals surface area (Å²) in [4.78, 5) is 22.8. The van der Waals surface area contributed by atoms with Crippen molar-refractivity contribution in [3.05, 3.63) is 34.4 Å². The van der Waals surface area contributed by atoms with Crippen LogP contribution in [0.1, 0.15) is 13.3 Å². The highest BCUT2D eigenvalue weighted by molar-refractivity contribution is 5.79. The van der Waals surface area contributed by atoms with Crippen LogP contribution >= 0.6 is 0 Å². The van der Waals surface area contributed by atoms with Crippen LogP contribution in [0.4, 0.5) is 11.4 Å². The summed E-state index contributed by atoms with van der Waals surface area (Å²) in [5.74, 6) is -0.992. The van der Waals surface area contributed by atoms with Gasteiger partial charge in [0.25, 0.3) is 5.69 Å². The normalized spacial score (nSPS) is 11.9. The molecule has 0 heterocycles. The van der Waals surface area contributed by atoms with Crippen molar-refractivity contribution in [1.29, 1.82) is 0 Å². The molecule has 0 aromatic heterocycles. The summed E-state index contributed by atoms with van der Waals surface area (Å²) in [7, 11) is 1.55. The van der Waals surface area contributed by atoms with Gasteiger partial charge in [-0.2, -0.15) is 0 Å². The molecule has 17 heavy (non-hydrogen) atoms. The second kappa shape index (κ2) is 5.29. The van der Waals surface area contributed by atoms with Crippen molar-refractivity contribution in [1.82, 2.24) is 0 Å². The van der Waals surface area contributed by atoms with Gasteiger partial charge >= 0.3 is 5.97 Å². The Morgan fingerprint density at radius 2 is 2.12 bits per heavy atom. The molecule has 1 atom stereocenters. The summed E-state index contributed by atoms with van der Waals surface area (Å²) in [6.07, 6.45) is 0.373. The second-order valence-electron chi connectivity index (χ2n) is 3.62. The van der Waals surface area contributed by atoms with Crippen molar-refractivity contribution < 1.29 is 14.8 Å². The van der Waals surface area contributed by atoms with E-state index in [0.29, 0.717) is 12.1 Å². The molecule has 0 saturated heterocycles. The van der Waals surface area contributed by atoms with Crippen LogP contribution in [0.15, 0.2) is 24.3 Å². The number of nitro groups is 1. The van der Waals surface area contributed by atoms with Crippen LogP contribution in [0.2, 0.25) is 0 Å². The van der Waals surface area contributed by atoms with E-state index in [1.807, 2.05) is 0 Å². The monoisotopic (exact) mass is 238 g/mol. The zero-order valence-electron chi connectivity index (χ0n) is 9.66. The fourth-order valence-electron chi connectivity index (χ4n) is 1.70. The average Bonchev–Trinajstić information content (AvgIpc) is 2.29. The predicted octanol–water partition coefficient (Wildman–Crippen LogP) is 1.89. The summed E-state index contributed by atoms with van der Waals surface area (Å²) in [6.45, 7) is 1.73. The van der Waals surface area contributed by atoms with E-state index in [0.717, 1.165) is 0 Å². The molecule has 0 aliphatic heterocycles. The molecule has 0 amide bonds. The highest BCUT2D eigenvalue weighted by atomic mass is 16.6. The molecule has 0 aliphatic rings. The third-order valence-electron chi connectivity index (χ3n) is 2.60. The molecule has 1 unspecified atom stereocenters. The van der Waals surface area contributed by atoms with Gasteiger partial charge in [-0.25, -0.2) is 4.79 Å². The van der Waals surface area contributed by atoms with Crippen LogP contribution in [-0.4, -0.2) is 29.1 Å². The van der Waals surface area contributed by atoms with Gasteiger partial charge in [0.1, 0.15) is 11.7 Å². The minimum atomic E-state index is -0.992. The van der Waals surface area contributed by atoms with Gasteiger partial charge in [0.15, 0.2) is 0 Å². The van der Waals surface area contributed by atoms with E-state index in [-0.39, 0.29) is 5.69 Å². The van der Waals surface area contributed by atoms with Crippen LogP contribution in [0, 0.1) is 10.1 Å². The number of benzene rings is 1. The number of hydrogen-bond acceptors (Lipinski definition) is 4. The predicted molar refractivity (Wildman–Crippen MR) is 63.2 cm³/mol. The molecular weight excluding hydrogens is 224 g/mol. The molecule has 0 radical (unpaired) electrons. The minimum absolute atomic E-state index is 0.0882. The molecule has 0 saturated carbocycles. The number of aliphatic carboxylic acids is 1. The van der Waals surface area contributed by atoms with E-state index in [1.165, 1.54) is 11.0 Å². The van der Waals surface area contributed by atoms with Gasteiger partial charge in [0, 0.05) is 13.1 Å². The number of carboxylic acids is 1. The molecule has 92 valence electrons. The fourth-order valence-corrected chi connectivity index (χ4v) is 1.70. The summed E-state index contributed by atoms with van der Waals surface area (Å²) < 4.78 is 0. The summed E-state index contributed by atoms with van der Waals surface area (Å²) in [6, 6.07) is 5.34. The minimum Gasteiger partial charge on any atom is -0.480 e. The van der Waals surface area contributed by atoms with Crippen molar-refractivity contribution >= 4 is 17.3 Å². The van der Waals surface area contributed by atoms with Crippen LogP contribution < -0.4 is 4.90 Å². The Bertz CT molecular complexity index is 433. The van der Waals surface area contributed by atoms with E-state index < -0.39 is 16.9 Å². The van der Waals surface area contributed by atoms with Gasteiger partial charge in [0.05, 0.1) is 4.92 Å². The first kappa shape index (κ1) is 13.0. The van der Waals surface area contributed by atoms with E-state index in [9.17, 15) is 14.9 Å². The molecule has 0 fully saturated rings. The molecule has 1 N–H and O–H groups in total. The zero-order chi connectivity index (χ0) is 13.0. The standard InChI is InChI=1S/C11H14N2O4/c1-3-8(11(14)15)12(2)9-6-4-5-7-10(9)13(16)17/h4-8H,3H2,1-2H3,(H,14,15). The SMILES string of the molecule is CCC(C(=O)O)N(C)c1ccccc1[N+](=O)[O-]. The number of rotatable bonds is 5. The molecule has 6 heteroatoms. The molecule has 1 rings (SSSR count). The maximum atomic E-state index is 11.0. The number of hydrogen-bond donors (Lipinski definition) is 1. The number of carbonyl (C=O) groups is 1. The van der Waals surface area contributed by atoms with E-state index in [4.69, 9.17) is 5.11 Å². The number of para-hydroxylation sites is 2. The van der Waals surface area contributed by atoms with Crippen LogP contribution in [0.3, 0.4) is 0 Å². The van der Waals surface area contributed by atoms with Gasteiger partial charge < -0.3 is 10.0 Å². The Morgan fingerprint density at radius 1 is 1.53 bits per heavy atom. The van der Waals surface area contributed by atoms with Crippen LogP contribution in [0.25, 0.3) is 0 Å². The number of carboxylic acid groups (broad SMARTS) is 1. The molecule has 6 nitrogen and oxygen atoms in total. The lowest BCUT2D eigenvalue weighted by Gasteiger charge is -2.25.